The van der Waals surface area contributed by atoms with E-state index in [-0.39, 0.29) is 28.8 Å². The molecule has 0 amide bonds. The number of methoxy groups -OCH3 is 2. The zero-order chi connectivity index (χ0) is 31.6. The number of hydrogen-bond donors (Lipinski definition) is 1. The predicted molar refractivity (Wildman–Crippen MR) is 169 cm³/mol. The van der Waals surface area contributed by atoms with E-state index >= 15 is 0 Å². The molecule has 0 radical (unpaired) electrons. The molecule has 43 heavy (non-hydrogen) atoms. The lowest BCUT2D eigenvalue weighted by atomic mass is 9.94. The van der Waals surface area contributed by atoms with Crippen LogP contribution in [0.4, 0.5) is 0 Å². The molecule has 9 heteroatoms. The monoisotopic (exact) mass is 612 g/mol. The molecule has 0 saturated heterocycles. The summed E-state index contributed by atoms with van der Waals surface area (Å²) in [4.78, 5) is 23.4. The van der Waals surface area contributed by atoms with E-state index in [1.807, 2.05) is 54.6 Å². The van der Waals surface area contributed by atoms with Crippen LogP contribution in [0.3, 0.4) is 0 Å². The van der Waals surface area contributed by atoms with Crippen molar-refractivity contribution in [2.45, 2.75) is 102 Å². The third-order valence-electron chi connectivity index (χ3n) is 8.32. The first-order chi connectivity index (χ1) is 20.3. The molecule has 8 nitrogen and oxygen atoms in total. The van der Waals surface area contributed by atoms with Crippen LogP contribution in [0.5, 0.6) is 11.5 Å². The van der Waals surface area contributed by atoms with Crippen LogP contribution in [0.1, 0.15) is 57.6 Å². The molecule has 0 spiro atoms. The summed E-state index contributed by atoms with van der Waals surface area (Å²) >= 11 is 0. The fourth-order valence-electron chi connectivity index (χ4n) is 4.46. The third-order valence-corrected chi connectivity index (χ3v) is 12.8. The minimum Gasteiger partial charge on any atom is -0.497 e. The molecule has 2 aromatic carbocycles. The second-order valence-corrected chi connectivity index (χ2v) is 17.4. The van der Waals surface area contributed by atoms with Gasteiger partial charge in [-0.3, -0.25) is 9.59 Å². The number of Topliss-reactive ketones (excluding diaryl/α,β-unsaturated/α-hetero) is 1. The number of carbonyl (C=O) groups is 2. The summed E-state index contributed by atoms with van der Waals surface area (Å²) in [6.07, 6.45) is 4.19. The topological polar surface area (TPSA) is 101 Å². The van der Waals surface area contributed by atoms with Crippen molar-refractivity contribution in [3.8, 4) is 11.5 Å². The fourth-order valence-corrected chi connectivity index (χ4v) is 5.74. The van der Waals surface area contributed by atoms with Gasteiger partial charge in [-0.1, -0.05) is 51.1 Å². The standard InChI is InChI=1S/C20H30O4Si.C14H18O4/c1-20(2,3)25(5,6)24-19-13-17(11-12-18(19)21)23-14-15-7-9-16(22-4)10-8-15;1-17-11-4-2-10(3-5-11)9-18-12-6-7-13(15)14(16)8-12/h7-12,17,19H,13-14H2,1-6H3;2-5,12,14,16H,6-9H2,1H3/t17-,19+;12-,14+/m11/s1. The number of ether oxygens (including phenoxy) is 4. The van der Waals surface area contributed by atoms with Crippen LogP contribution in [0, 0.1) is 0 Å². The predicted octanol–water partition coefficient (Wildman–Crippen LogP) is 6.19. The van der Waals surface area contributed by atoms with E-state index in [4.69, 9.17) is 23.4 Å². The highest BCUT2D eigenvalue weighted by atomic mass is 28.4. The first-order valence-corrected chi connectivity index (χ1v) is 17.8. The molecule has 0 bridgehead atoms. The SMILES string of the molecule is COc1ccc(CO[C@@H]2C=CC(=O)[C@@H](O[Si](C)(C)C(C)(C)C)C2)cc1.COc1ccc(CO[C@@H]2CCC(=O)[C@@H](O)C2)cc1. The molecule has 0 aliphatic heterocycles. The van der Waals surface area contributed by atoms with Crippen molar-refractivity contribution in [3.05, 3.63) is 71.8 Å². The quantitative estimate of drug-likeness (QED) is 0.317. The molecule has 0 unspecified atom stereocenters. The Hall–Kier alpha value is -2.82. The Morgan fingerprint density at radius 3 is 1.86 bits per heavy atom. The summed E-state index contributed by atoms with van der Waals surface area (Å²) in [5, 5.41) is 9.54. The van der Waals surface area contributed by atoms with Crippen LogP contribution >= 0.6 is 0 Å². The van der Waals surface area contributed by atoms with Gasteiger partial charge in [-0.05, 0) is 66.0 Å². The number of aliphatic hydroxyl groups is 1. The van der Waals surface area contributed by atoms with E-state index in [0.717, 1.165) is 22.6 Å². The number of rotatable bonds is 10. The Kier molecular flexibility index (Phi) is 12.7. The van der Waals surface area contributed by atoms with Crippen LogP contribution in [-0.4, -0.2) is 63.6 Å². The van der Waals surface area contributed by atoms with Gasteiger partial charge >= 0.3 is 0 Å². The molecule has 2 aliphatic rings. The molecule has 2 aliphatic carbocycles. The van der Waals surface area contributed by atoms with Crippen LogP contribution < -0.4 is 9.47 Å². The lowest BCUT2D eigenvalue weighted by Gasteiger charge is -2.39. The van der Waals surface area contributed by atoms with Crippen molar-refractivity contribution in [3.63, 3.8) is 0 Å². The molecule has 2 aromatic rings. The summed E-state index contributed by atoms with van der Waals surface area (Å²) in [5.74, 6) is 1.63. The second-order valence-electron chi connectivity index (χ2n) is 12.6. The number of ketones is 2. The maximum Gasteiger partial charge on any atom is 0.193 e. The number of aliphatic hydroxyl groups excluding tert-OH is 1. The number of benzene rings is 2. The maximum absolute atomic E-state index is 12.2. The average molecular weight is 613 g/mol. The Morgan fingerprint density at radius 2 is 1.37 bits per heavy atom. The largest absolute Gasteiger partial charge is 0.497 e. The molecule has 1 N–H and O–H groups in total. The second kappa shape index (κ2) is 15.8. The minimum atomic E-state index is -1.99. The summed E-state index contributed by atoms with van der Waals surface area (Å²) in [6, 6.07) is 15.5. The van der Waals surface area contributed by atoms with E-state index in [1.165, 1.54) is 0 Å². The molecular weight excluding hydrogens is 564 g/mol. The van der Waals surface area contributed by atoms with Crippen molar-refractivity contribution in [2.75, 3.05) is 14.2 Å². The first kappa shape index (κ1) is 34.7. The number of hydrogen-bond acceptors (Lipinski definition) is 8. The molecule has 236 valence electrons. The van der Waals surface area contributed by atoms with Crippen LogP contribution in [-0.2, 0) is 36.7 Å². The van der Waals surface area contributed by atoms with E-state index < -0.39 is 20.5 Å². The molecular formula is C34H48O8Si. The summed E-state index contributed by atoms with van der Waals surface area (Å²) in [5.41, 5.74) is 2.13. The molecule has 0 heterocycles. The summed E-state index contributed by atoms with van der Waals surface area (Å²) < 4.78 is 28.2. The van der Waals surface area contributed by atoms with Gasteiger partial charge in [0.2, 0.25) is 0 Å². The van der Waals surface area contributed by atoms with Gasteiger partial charge in [0, 0.05) is 19.3 Å². The Bertz CT molecular complexity index is 1200. The Morgan fingerprint density at radius 1 is 0.837 bits per heavy atom. The van der Waals surface area contributed by atoms with Crippen molar-refractivity contribution in [1.82, 2.24) is 0 Å². The molecule has 4 atom stereocenters. The zero-order valence-electron chi connectivity index (χ0n) is 26.6. The van der Waals surface area contributed by atoms with Gasteiger partial charge in [0.15, 0.2) is 19.9 Å². The van der Waals surface area contributed by atoms with Crippen LogP contribution in [0.15, 0.2) is 60.7 Å². The fraction of sp³-hybridized carbons (Fsp3) is 0.529. The molecule has 1 fully saturated rings. The maximum atomic E-state index is 12.2. The highest BCUT2D eigenvalue weighted by molar-refractivity contribution is 6.74. The van der Waals surface area contributed by atoms with E-state index in [2.05, 4.69) is 33.9 Å². The van der Waals surface area contributed by atoms with Gasteiger partial charge < -0.3 is 28.5 Å². The van der Waals surface area contributed by atoms with E-state index in [0.29, 0.717) is 38.9 Å². The van der Waals surface area contributed by atoms with Crippen molar-refractivity contribution >= 4 is 19.9 Å². The number of carbonyl (C=O) groups excluding carboxylic acids is 2. The average Bonchev–Trinajstić information content (AvgIpc) is 2.98. The Labute approximate surface area is 257 Å². The van der Waals surface area contributed by atoms with E-state index in [1.54, 1.807) is 20.3 Å². The smallest absolute Gasteiger partial charge is 0.193 e. The lowest BCUT2D eigenvalue weighted by molar-refractivity contribution is -0.134. The van der Waals surface area contributed by atoms with E-state index in [9.17, 15) is 14.7 Å². The minimum absolute atomic E-state index is 0.0280. The van der Waals surface area contributed by atoms with Gasteiger partial charge in [-0.25, -0.2) is 0 Å². The van der Waals surface area contributed by atoms with Crippen molar-refractivity contribution in [2.24, 2.45) is 0 Å². The lowest BCUT2D eigenvalue weighted by Crippen LogP contribution is -2.47. The summed E-state index contributed by atoms with van der Waals surface area (Å²) in [6.45, 7) is 11.9. The van der Waals surface area contributed by atoms with Gasteiger partial charge in [0.1, 0.15) is 23.7 Å². The van der Waals surface area contributed by atoms with Gasteiger partial charge in [0.05, 0.1) is 39.6 Å². The Balaban J connectivity index is 0.000000248. The molecule has 4 rings (SSSR count). The van der Waals surface area contributed by atoms with Gasteiger partial charge in [-0.15, -0.1) is 0 Å². The zero-order valence-corrected chi connectivity index (χ0v) is 27.6. The van der Waals surface area contributed by atoms with Crippen molar-refractivity contribution < 1.29 is 38.1 Å². The highest BCUT2D eigenvalue weighted by Crippen LogP contribution is 2.38. The summed E-state index contributed by atoms with van der Waals surface area (Å²) in [7, 11) is 1.30. The van der Waals surface area contributed by atoms with Gasteiger partial charge in [0.25, 0.3) is 0 Å². The normalized spacial score (nSPS) is 22.5. The molecule has 0 aromatic heterocycles. The van der Waals surface area contributed by atoms with Crippen molar-refractivity contribution in [1.29, 1.82) is 0 Å². The highest BCUT2D eigenvalue weighted by Gasteiger charge is 2.41. The first-order valence-electron chi connectivity index (χ1n) is 14.9. The van der Waals surface area contributed by atoms with Crippen LogP contribution in [0.2, 0.25) is 18.1 Å². The van der Waals surface area contributed by atoms with Gasteiger partial charge in [-0.2, -0.15) is 0 Å². The molecule has 1 saturated carbocycles. The third kappa shape index (κ3) is 10.7. The van der Waals surface area contributed by atoms with Crippen LogP contribution in [0.25, 0.3) is 0 Å².